The number of halogens is 1. The Morgan fingerprint density at radius 2 is 2.00 bits per heavy atom. The number of nitrogens with zero attached hydrogens (tertiary/aromatic N) is 2. The number of ether oxygens (including phenoxy) is 1. The maximum absolute atomic E-state index is 13.1. The van der Waals surface area contributed by atoms with Gasteiger partial charge in [-0.3, -0.25) is 4.90 Å². The van der Waals surface area contributed by atoms with E-state index in [4.69, 9.17) is 4.74 Å². The second-order valence-electron chi connectivity index (χ2n) is 5.72. The molecule has 22 heavy (non-hydrogen) atoms. The molecule has 2 rings (SSSR count). The topological polar surface area (TPSA) is 32.8 Å². The molecule has 4 nitrogen and oxygen atoms in total. The maximum Gasteiger partial charge on any atom is 0.410 e. The van der Waals surface area contributed by atoms with E-state index >= 15 is 0 Å². The smallest absolute Gasteiger partial charge is 0.410 e. The summed E-state index contributed by atoms with van der Waals surface area (Å²) >= 11 is 0. The third kappa shape index (κ3) is 5.30. The molecular weight excluding hydrogens is 283 g/mol. The van der Waals surface area contributed by atoms with Crippen molar-refractivity contribution in [3.8, 4) is 0 Å². The Labute approximate surface area is 131 Å². The fourth-order valence-corrected chi connectivity index (χ4v) is 2.60. The van der Waals surface area contributed by atoms with Crippen molar-refractivity contribution in [2.75, 3.05) is 32.7 Å². The Bertz CT molecular complexity index is 473. The second kappa shape index (κ2) is 8.73. The van der Waals surface area contributed by atoms with Crippen LogP contribution in [0.2, 0.25) is 0 Å². The zero-order chi connectivity index (χ0) is 15.8. The average molecular weight is 308 g/mol. The molecule has 122 valence electrons. The molecule has 0 radical (unpaired) electrons. The molecule has 0 unspecified atom stereocenters. The highest BCUT2D eigenvalue weighted by Crippen LogP contribution is 2.09. The molecular formula is C17H25FN2O2. The van der Waals surface area contributed by atoms with E-state index in [0.29, 0.717) is 18.7 Å². The molecule has 1 heterocycles. The van der Waals surface area contributed by atoms with Crippen molar-refractivity contribution >= 4 is 6.09 Å². The third-order valence-corrected chi connectivity index (χ3v) is 3.96. The Balaban J connectivity index is 1.69. The van der Waals surface area contributed by atoms with Crippen molar-refractivity contribution in [3.63, 3.8) is 0 Å². The van der Waals surface area contributed by atoms with Gasteiger partial charge in [0, 0.05) is 26.2 Å². The summed E-state index contributed by atoms with van der Waals surface area (Å²) in [6.45, 7) is 6.64. The standard InChI is InChI=1S/C17H25FN2O2/c1-2-3-4-8-19-9-11-20(12-10-19)17(21)22-14-15-6-5-7-16(18)13-15/h5-7,13H,2-4,8-12,14H2,1H3. The van der Waals surface area contributed by atoms with Crippen molar-refractivity contribution in [1.82, 2.24) is 9.80 Å². The molecule has 5 heteroatoms. The van der Waals surface area contributed by atoms with E-state index in [0.717, 1.165) is 19.6 Å². The van der Waals surface area contributed by atoms with Gasteiger partial charge in [0.05, 0.1) is 0 Å². The first-order chi connectivity index (χ1) is 10.7. The first-order valence-electron chi connectivity index (χ1n) is 8.07. The van der Waals surface area contributed by atoms with Gasteiger partial charge in [0.2, 0.25) is 0 Å². The van der Waals surface area contributed by atoms with Gasteiger partial charge in [0.15, 0.2) is 0 Å². The Kier molecular flexibility index (Phi) is 6.65. The van der Waals surface area contributed by atoms with Gasteiger partial charge in [-0.2, -0.15) is 0 Å². The number of amides is 1. The van der Waals surface area contributed by atoms with Crippen molar-refractivity contribution in [1.29, 1.82) is 0 Å². The van der Waals surface area contributed by atoms with Crippen LogP contribution in [0.15, 0.2) is 24.3 Å². The molecule has 1 aromatic carbocycles. The first-order valence-corrected chi connectivity index (χ1v) is 8.07. The van der Waals surface area contributed by atoms with Crippen LogP contribution in [-0.4, -0.2) is 48.6 Å². The second-order valence-corrected chi connectivity index (χ2v) is 5.72. The van der Waals surface area contributed by atoms with Crippen LogP contribution in [0.1, 0.15) is 31.7 Å². The normalized spacial score (nSPS) is 15.8. The van der Waals surface area contributed by atoms with Crippen LogP contribution in [0.25, 0.3) is 0 Å². The van der Waals surface area contributed by atoms with Crippen molar-refractivity contribution in [3.05, 3.63) is 35.6 Å². The molecule has 0 N–H and O–H groups in total. The number of piperazine rings is 1. The summed E-state index contributed by atoms with van der Waals surface area (Å²) < 4.78 is 18.3. The molecule has 1 fully saturated rings. The number of unbranched alkanes of at least 4 members (excludes halogenated alkanes) is 2. The number of rotatable bonds is 6. The van der Waals surface area contributed by atoms with Gasteiger partial charge in [-0.1, -0.05) is 31.9 Å². The summed E-state index contributed by atoms with van der Waals surface area (Å²) in [6.07, 6.45) is 3.40. The quantitative estimate of drug-likeness (QED) is 0.756. The van der Waals surface area contributed by atoms with Crippen molar-refractivity contribution in [2.45, 2.75) is 32.8 Å². The lowest BCUT2D eigenvalue weighted by molar-refractivity contribution is 0.0712. The van der Waals surface area contributed by atoms with E-state index in [1.54, 1.807) is 17.0 Å². The van der Waals surface area contributed by atoms with E-state index in [2.05, 4.69) is 11.8 Å². The lowest BCUT2D eigenvalue weighted by atomic mass is 10.2. The minimum absolute atomic E-state index is 0.118. The van der Waals surface area contributed by atoms with Gasteiger partial charge in [-0.05, 0) is 30.7 Å². The van der Waals surface area contributed by atoms with Gasteiger partial charge < -0.3 is 9.64 Å². The molecule has 0 aliphatic carbocycles. The number of hydrogen-bond acceptors (Lipinski definition) is 3. The molecule has 0 spiro atoms. The summed E-state index contributed by atoms with van der Waals surface area (Å²) in [7, 11) is 0. The maximum atomic E-state index is 13.1. The van der Waals surface area contributed by atoms with Crippen LogP contribution in [0.5, 0.6) is 0 Å². The van der Waals surface area contributed by atoms with Crippen molar-refractivity contribution in [2.24, 2.45) is 0 Å². The summed E-state index contributed by atoms with van der Waals surface area (Å²) in [4.78, 5) is 16.1. The predicted octanol–water partition coefficient (Wildman–Crippen LogP) is 3.27. The van der Waals surface area contributed by atoms with E-state index in [1.165, 1.54) is 31.4 Å². The van der Waals surface area contributed by atoms with Crippen LogP contribution >= 0.6 is 0 Å². The number of hydrogen-bond donors (Lipinski definition) is 0. The van der Waals surface area contributed by atoms with Crippen LogP contribution in [0.4, 0.5) is 9.18 Å². The van der Waals surface area contributed by atoms with E-state index in [1.807, 2.05) is 0 Å². The van der Waals surface area contributed by atoms with Crippen LogP contribution < -0.4 is 0 Å². The Hall–Kier alpha value is -1.62. The lowest BCUT2D eigenvalue weighted by Gasteiger charge is -2.34. The van der Waals surface area contributed by atoms with Crippen LogP contribution in [0, 0.1) is 5.82 Å². The minimum Gasteiger partial charge on any atom is -0.445 e. The molecule has 0 saturated carbocycles. The van der Waals surface area contributed by atoms with Crippen LogP contribution in [0.3, 0.4) is 0 Å². The van der Waals surface area contributed by atoms with Gasteiger partial charge in [0.25, 0.3) is 0 Å². The Morgan fingerprint density at radius 3 is 2.68 bits per heavy atom. The largest absolute Gasteiger partial charge is 0.445 e. The number of carbonyl (C=O) groups excluding carboxylic acids is 1. The predicted molar refractivity (Wildman–Crippen MR) is 84.1 cm³/mol. The van der Waals surface area contributed by atoms with Crippen molar-refractivity contribution < 1.29 is 13.9 Å². The minimum atomic E-state index is -0.311. The van der Waals surface area contributed by atoms with Gasteiger partial charge >= 0.3 is 6.09 Å². The summed E-state index contributed by atoms with van der Waals surface area (Å²) in [5.41, 5.74) is 0.673. The molecule has 0 bridgehead atoms. The third-order valence-electron chi connectivity index (χ3n) is 3.96. The highest BCUT2D eigenvalue weighted by atomic mass is 19.1. The van der Waals surface area contributed by atoms with Gasteiger partial charge in [-0.25, -0.2) is 9.18 Å². The Morgan fingerprint density at radius 1 is 1.23 bits per heavy atom. The summed E-state index contributed by atoms with van der Waals surface area (Å²) in [6, 6.07) is 6.14. The first kappa shape index (κ1) is 16.7. The number of carbonyl (C=O) groups is 1. The zero-order valence-electron chi connectivity index (χ0n) is 13.3. The average Bonchev–Trinajstić information content (AvgIpc) is 2.54. The number of benzene rings is 1. The summed E-state index contributed by atoms with van der Waals surface area (Å²) in [5.74, 6) is -0.311. The summed E-state index contributed by atoms with van der Waals surface area (Å²) in [5, 5.41) is 0. The molecule has 1 aromatic rings. The molecule has 0 atom stereocenters. The SMILES string of the molecule is CCCCCN1CCN(C(=O)OCc2cccc(F)c2)CC1. The van der Waals surface area contributed by atoms with Crippen LogP contribution in [-0.2, 0) is 11.3 Å². The lowest BCUT2D eigenvalue weighted by Crippen LogP contribution is -2.48. The van der Waals surface area contributed by atoms with Gasteiger partial charge in [0.1, 0.15) is 12.4 Å². The molecule has 1 aliphatic rings. The monoisotopic (exact) mass is 308 g/mol. The van der Waals surface area contributed by atoms with E-state index in [-0.39, 0.29) is 18.5 Å². The fourth-order valence-electron chi connectivity index (χ4n) is 2.60. The molecule has 1 saturated heterocycles. The fraction of sp³-hybridized carbons (Fsp3) is 0.588. The van der Waals surface area contributed by atoms with E-state index < -0.39 is 0 Å². The molecule has 1 aliphatic heterocycles. The molecule has 0 aromatic heterocycles. The zero-order valence-corrected chi connectivity index (χ0v) is 13.3. The highest BCUT2D eigenvalue weighted by Gasteiger charge is 2.21. The van der Waals surface area contributed by atoms with E-state index in [9.17, 15) is 9.18 Å². The van der Waals surface area contributed by atoms with Gasteiger partial charge in [-0.15, -0.1) is 0 Å². The molecule has 1 amide bonds. The highest BCUT2D eigenvalue weighted by molar-refractivity contribution is 5.67.